The van der Waals surface area contributed by atoms with Crippen molar-refractivity contribution >= 4 is 15.4 Å². The third kappa shape index (κ3) is 4.41. The molecule has 0 saturated heterocycles. The molecule has 0 unspecified atom stereocenters. The third-order valence-electron chi connectivity index (χ3n) is 6.41. The smallest absolute Gasteiger partial charge is 0.204 e. The highest BCUT2D eigenvalue weighted by atomic mass is 32.2. The Kier molecular flexibility index (Phi) is 6.67. The maximum Gasteiger partial charge on any atom is 0.204 e. The lowest BCUT2D eigenvalue weighted by Crippen LogP contribution is -2.29. The number of aryl methyl sites for hydroxylation is 1. The molecule has 4 aromatic heterocycles. The van der Waals surface area contributed by atoms with Crippen molar-refractivity contribution in [1.29, 1.82) is 0 Å². The first-order valence-corrected chi connectivity index (χ1v) is 13.5. The van der Waals surface area contributed by atoms with Gasteiger partial charge in [-0.05, 0) is 56.3 Å². The molecule has 0 aliphatic carbocycles. The van der Waals surface area contributed by atoms with Gasteiger partial charge in [-0.25, -0.2) is 12.9 Å². The number of aliphatic hydroxyl groups excluding tert-OH is 1. The van der Waals surface area contributed by atoms with Gasteiger partial charge in [-0.2, -0.15) is 5.10 Å². The molecule has 4 heterocycles. The first-order chi connectivity index (χ1) is 18.2. The van der Waals surface area contributed by atoms with E-state index in [2.05, 4.69) is 15.3 Å². The van der Waals surface area contributed by atoms with Crippen LogP contribution in [0.15, 0.2) is 65.2 Å². The van der Waals surface area contributed by atoms with Crippen LogP contribution in [0.25, 0.3) is 22.8 Å². The second kappa shape index (κ2) is 9.95. The number of hydrogen-bond acceptors (Lipinski definition) is 9. The molecule has 198 valence electrons. The molecule has 0 spiro atoms. The van der Waals surface area contributed by atoms with Crippen molar-refractivity contribution in [3.63, 3.8) is 0 Å². The molecule has 0 fully saturated rings. The summed E-state index contributed by atoms with van der Waals surface area (Å²) >= 11 is 0. The van der Waals surface area contributed by atoms with Crippen LogP contribution < -0.4 is 9.47 Å². The zero-order chi connectivity index (χ0) is 27.0. The number of furan rings is 1. The minimum Gasteiger partial charge on any atom is -0.494 e. The molecule has 0 amide bonds. The molecule has 5 rings (SSSR count). The standard InChI is InChI=1S/C26H27N5O6S/c1-16-11-12-22(37-16)26-29-28-23(30(26)24-20(35-3)9-6-10-21(24)36-4)15-38(33,34)17(2)25(32)19-8-5-7-18-13-14-27-31(18)19/h5-14,17,25,32H,15H2,1-4H3/t17-,25-/m1/s1. The fourth-order valence-electron chi connectivity index (χ4n) is 4.35. The summed E-state index contributed by atoms with van der Waals surface area (Å²) < 4.78 is 47.4. The second-order valence-corrected chi connectivity index (χ2v) is 11.1. The van der Waals surface area contributed by atoms with Crippen LogP contribution in [0.3, 0.4) is 0 Å². The van der Waals surface area contributed by atoms with E-state index in [1.165, 1.54) is 25.7 Å². The SMILES string of the molecule is COc1cccc(OC)c1-n1c(CS(=O)(=O)[C@H](C)[C@@H](O)c2cccc3ccnn23)nnc1-c1ccc(C)o1. The summed E-state index contributed by atoms with van der Waals surface area (Å²) in [4.78, 5) is 0. The van der Waals surface area contributed by atoms with Gasteiger partial charge < -0.3 is 19.0 Å². The van der Waals surface area contributed by atoms with Crippen molar-refractivity contribution in [3.05, 3.63) is 78.1 Å². The highest BCUT2D eigenvalue weighted by Gasteiger charge is 2.34. The minimum atomic E-state index is -3.97. The Morgan fingerprint density at radius 2 is 1.71 bits per heavy atom. The van der Waals surface area contributed by atoms with Crippen LogP contribution in [-0.2, 0) is 15.6 Å². The number of aliphatic hydroxyl groups is 1. The lowest BCUT2D eigenvalue weighted by Gasteiger charge is -2.21. The summed E-state index contributed by atoms with van der Waals surface area (Å²) in [5, 5.41) is 22.7. The molecule has 0 bridgehead atoms. The van der Waals surface area contributed by atoms with E-state index < -0.39 is 26.9 Å². The van der Waals surface area contributed by atoms with Crippen molar-refractivity contribution < 1.29 is 27.4 Å². The fraction of sp³-hybridized carbons (Fsp3) is 0.269. The second-order valence-electron chi connectivity index (χ2n) is 8.77. The number of fused-ring (bicyclic) bond motifs is 1. The highest BCUT2D eigenvalue weighted by Crippen LogP contribution is 2.37. The third-order valence-corrected chi connectivity index (χ3v) is 8.46. The van der Waals surface area contributed by atoms with E-state index in [1.54, 1.807) is 66.2 Å². The molecule has 0 aliphatic rings. The van der Waals surface area contributed by atoms with Crippen molar-refractivity contribution in [3.8, 4) is 28.8 Å². The summed E-state index contributed by atoms with van der Waals surface area (Å²) in [6, 6.07) is 15.7. The van der Waals surface area contributed by atoms with Gasteiger partial charge in [0.05, 0.1) is 30.7 Å². The summed E-state index contributed by atoms with van der Waals surface area (Å²) in [6.45, 7) is 3.26. The van der Waals surface area contributed by atoms with Crippen molar-refractivity contribution in [1.82, 2.24) is 24.4 Å². The van der Waals surface area contributed by atoms with Crippen LogP contribution in [0, 0.1) is 6.92 Å². The van der Waals surface area contributed by atoms with Gasteiger partial charge in [-0.1, -0.05) is 12.1 Å². The molecule has 5 aromatic rings. The van der Waals surface area contributed by atoms with Gasteiger partial charge >= 0.3 is 0 Å². The molecule has 1 aromatic carbocycles. The lowest BCUT2D eigenvalue weighted by molar-refractivity contribution is 0.168. The van der Waals surface area contributed by atoms with Gasteiger partial charge in [0.2, 0.25) is 5.82 Å². The Balaban J connectivity index is 1.60. The van der Waals surface area contributed by atoms with Crippen molar-refractivity contribution in [2.75, 3.05) is 14.2 Å². The van der Waals surface area contributed by atoms with E-state index in [4.69, 9.17) is 13.9 Å². The molecule has 11 nitrogen and oxygen atoms in total. The Bertz CT molecular complexity index is 1680. The van der Waals surface area contributed by atoms with E-state index in [0.29, 0.717) is 34.4 Å². The number of benzene rings is 1. The number of ether oxygens (including phenoxy) is 2. The number of rotatable bonds is 9. The van der Waals surface area contributed by atoms with Crippen molar-refractivity contribution in [2.45, 2.75) is 31.0 Å². The van der Waals surface area contributed by atoms with Gasteiger partial charge in [-0.3, -0.25) is 4.57 Å². The highest BCUT2D eigenvalue weighted by molar-refractivity contribution is 7.91. The molecular weight excluding hydrogens is 510 g/mol. The molecule has 0 saturated carbocycles. The Morgan fingerprint density at radius 1 is 1.00 bits per heavy atom. The number of methoxy groups -OCH3 is 2. The van der Waals surface area contributed by atoms with E-state index in [1.807, 2.05) is 6.07 Å². The van der Waals surface area contributed by atoms with Gasteiger partial charge in [0.15, 0.2) is 21.4 Å². The number of nitrogens with zero attached hydrogens (tertiary/aromatic N) is 5. The van der Waals surface area contributed by atoms with Gasteiger partial charge in [0, 0.05) is 6.20 Å². The molecule has 1 N–H and O–H groups in total. The molecule has 0 aliphatic heterocycles. The Morgan fingerprint density at radius 3 is 2.37 bits per heavy atom. The summed E-state index contributed by atoms with van der Waals surface area (Å²) in [6.07, 6.45) is 0.249. The fourth-order valence-corrected chi connectivity index (χ4v) is 5.70. The maximum atomic E-state index is 13.7. The van der Waals surface area contributed by atoms with E-state index >= 15 is 0 Å². The number of hydrogen-bond donors (Lipinski definition) is 1. The van der Waals surface area contributed by atoms with Gasteiger partial charge in [0.25, 0.3) is 0 Å². The summed E-state index contributed by atoms with van der Waals surface area (Å²) in [7, 11) is -0.964. The van der Waals surface area contributed by atoms with Crippen molar-refractivity contribution in [2.24, 2.45) is 0 Å². The number of para-hydroxylation sites is 1. The first kappa shape index (κ1) is 25.5. The van der Waals surface area contributed by atoms with Crippen LogP contribution >= 0.6 is 0 Å². The monoisotopic (exact) mass is 537 g/mol. The van der Waals surface area contributed by atoms with E-state index in [9.17, 15) is 13.5 Å². The van der Waals surface area contributed by atoms with Crippen LogP contribution in [0.4, 0.5) is 0 Å². The maximum absolute atomic E-state index is 13.7. The van der Waals surface area contributed by atoms with Gasteiger partial charge in [0.1, 0.15) is 34.8 Å². The topological polar surface area (TPSA) is 134 Å². The predicted molar refractivity (Wildman–Crippen MR) is 139 cm³/mol. The number of aromatic nitrogens is 5. The predicted octanol–water partition coefficient (Wildman–Crippen LogP) is 3.54. The summed E-state index contributed by atoms with van der Waals surface area (Å²) in [5.41, 5.74) is 1.53. The Hall–Kier alpha value is -4.16. The molecule has 2 atom stereocenters. The molecule has 0 radical (unpaired) electrons. The van der Waals surface area contributed by atoms with E-state index in [0.717, 1.165) is 5.52 Å². The molecule has 12 heteroatoms. The van der Waals surface area contributed by atoms with Crippen LogP contribution in [0.1, 0.15) is 30.3 Å². The number of pyridine rings is 1. The lowest BCUT2D eigenvalue weighted by atomic mass is 10.2. The average Bonchev–Trinajstić information content (AvgIpc) is 3.66. The van der Waals surface area contributed by atoms with E-state index in [-0.39, 0.29) is 11.6 Å². The molecular formula is C26H27N5O6S. The normalized spacial score (nSPS) is 13.5. The summed E-state index contributed by atoms with van der Waals surface area (Å²) in [5.74, 6) is 1.75. The van der Waals surface area contributed by atoms with Crippen LogP contribution in [0.2, 0.25) is 0 Å². The first-order valence-electron chi connectivity index (χ1n) is 11.8. The Labute approximate surface area is 219 Å². The molecule has 38 heavy (non-hydrogen) atoms. The zero-order valence-electron chi connectivity index (χ0n) is 21.3. The van der Waals surface area contributed by atoms with Crippen LogP contribution in [0.5, 0.6) is 11.5 Å². The largest absolute Gasteiger partial charge is 0.494 e. The van der Waals surface area contributed by atoms with Gasteiger partial charge in [-0.15, -0.1) is 10.2 Å². The number of sulfone groups is 1. The minimum absolute atomic E-state index is 0.105. The zero-order valence-corrected chi connectivity index (χ0v) is 22.1. The van der Waals surface area contributed by atoms with Crippen LogP contribution in [-0.4, -0.2) is 57.4 Å². The average molecular weight is 538 g/mol. The quantitative estimate of drug-likeness (QED) is 0.300.